The molecule has 1 saturated heterocycles. The van der Waals surface area contributed by atoms with E-state index in [2.05, 4.69) is 26.1 Å². The molecule has 1 N–H and O–H groups in total. The highest BCUT2D eigenvalue weighted by Crippen LogP contribution is 2.38. The lowest BCUT2D eigenvalue weighted by Gasteiger charge is -2.41. The Hall–Kier alpha value is -0.0800. The summed E-state index contributed by atoms with van der Waals surface area (Å²) in [5, 5.41) is 3.85. The van der Waals surface area contributed by atoms with Crippen LogP contribution < -0.4 is 5.32 Å². The first-order valence-corrected chi connectivity index (χ1v) is 8.62. The van der Waals surface area contributed by atoms with Gasteiger partial charge in [0.05, 0.1) is 6.10 Å². The average Bonchev–Trinajstić information content (AvgIpc) is 2.86. The van der Waals surface area contributed by atoms with E-state index in [1.807, 2.05) is 0 Å². The second-order valence-corrected chi connectivity index (χ2v) is 6.70. The van der Waals surface area contributed by atoms with Crippen molar-refractivity contribution >= 4 is 0 Å². The molecule has 1 aliphatic carbocycles. The molecule has 0 aromatic carbocycles. The summed E-state index contributed by atoms with van der Waals surface area (Å²) in [5.74, 6) is 2.49. The predicted molar refractivity (Wildman–Crippen MR) is 81.3 cm³/mol. The Labute approximate surface area is 119 Å². The molecule has 2 aliphatic rings. The summed E-state index contributed by atoms with van der Waals surface area (Å²) in [6.45, 7) is 9.13. The third kappa shape index (κ3) is 3.72. The van der Waals surface area contributed by atoms with Crippen LogP contribution in [0.4, 0.5) is 0 Å². The first kappa shape index (κ1) is 15.3. The van der Waals surface area contributed by atoms with Crippen molar-refractivity contribution in [2.24, 2.45) is 17.8 Å². The Morgan fingerprint density at radius 3 is 2.58 bits per heavy atom. The fraction of sp³-hybridized carbons (Fsp3) is 1.00. The average molecular weight is 267 g/mol. The van der Waals surface area contributed by atoms with Gasteiger partial charge in [-0.1, -0.05) is 46.5 Å². The molecule has 2 heteroatoms. The zero-order chi connectivity index (χ0) is 13.7. The Bertz CT molecular complexity index is 256. The zero-order valence-corrected chi connectivity index (χ0v) is 13.2. The number of hydrogen-bond acceptors (Lipinski definition) is 2. The lowest BCUT2D eigenvalue weighted by Crippen LogP contribution is -2.50. The molecule has 0 radical (unpaired) electrons. The monoisotopic (exact) mass is 267 g/mol. The Morgan fingerprint density at radius 1 is 1.16 bits per heavy atom. The van der Waals surface area contributed by atoms with Crippen LogP contribution >= 0.6 is 0 Å². The van der Waals surface area contributed by atoms with Crippen LogP contribution in [0.15, 0.2) is 0 Å². The predicted octanol–water partition coefficient (Wildman–Crippen LogP) is 4.00. The van der Waals surface area contributed by atoms with Crippen LogP contribution in [0.1, 0.15) is 65.7 Å². The SMILES string of the molecule is CCCNC(C1CCCCC1CC)C1OCCC1C. The zero-order valence-electron chi connectivity index (χ0n) is 13.2. The Balaban J connectivity index is 2.06. The Kier molecular flexibility index (Phi) is 6.15. The number of hydrogen-bond donors (Lipinski definition) is 1. The molecule has 0 amide bonds. The van der Waals surface area contributed by atoms with E-state index >= 15 is 0 Å². The van der Waals surface area contributed by atoms with Gasteiger partial charge in [-0.15, -0.1) is 0 Å². The van der Waals surface area contributed by atoms with Gasteiger partial charge in [0.25, 0.3) is 0 Å². The van der Waals surface area contributed by atoms with Crippen LogP contribution in [0.3, 0.4) is 0 Å². The molecule has 2 rings (SSSR count). The van der Waals surface area contributed by atoms with Gasteiger partial charge in [0, 0.05) is 12.6 Å². The first-order valence-electron chi connectivity index (χ1n) is 8.62. The van der Waals surface area contributed by atoms with Crippen molar-refractivity contribution in [3.05, 3.63) is 0 Å². The molecular weight excluding hydrogens is 234 g/mol. The molecule has 19 heavy (non-hydrogen) atoms. The van der Waals surface area contributed by atoms with Gasteiger partial charge in [-0.05, 0) is 43.6 Å². The van der Waals surface area contributed by atoms with E-state index in [-0.39, 0.29) is 0 Å². The minimum atomic E-state index is 0.462. The van der Waals surface area contributed by atoms with Crippen LogP contribution in [0, 0.1) is 17.8 Å². The molecule has 5 unspecified atom stereocenters. The molecule has 0 aromatic heterocycles. The summed E-state index contributed by atoms with van der Waals surface area (Å²) in [5.41, 5.74) is 0. The molecule has 0 spiro atoms. The maximum Gasteiger partial charge on any atom is 0.0757 e. The van der Waals surface area contributed by atoms with Gasteiger partial charge in [0.15, 0.2) is 0 Å². The van der Waals surface area contributed by atoms with Crippen molar-refractivity contribution in [1.82, 2.24) is 5.32 Å². The number of nitrogens with one attached hydrogen (secondary N) is 1. The van der Waals surface area contributed by atoms with Crippen LogP contribution in [0.2, 0.25) is 0 Å². The fourth-order valence-corrected chi connectivity index (χ4v) is 4.21. The van der Waals surface area contributed by atoms with Crippen molar-refractivity contribution in [3.8, 4) is 0 Å². The van der Waals surface area contributed by atoms with Gasteiger partial charge >= 0.3 is 0 Å². The third-order valence-electron chi connectivity index (χ3n) is 5.38. The van der Waals surface area contributed by atoms with Crippen molar-refractivity contribution in [3.63, 3.8) is 0 Å². The summed E-state index contributed by atoms with van der Waals surface area (Å²) in [6.07, 6.45) is 9.99. The van der Waals surface area contributed by atoms with Crippen molar-refractivity contribution in [1.29, 1.82) is 0 Å². The molecule has 1 heterocycles. The summed E-state index contributed by atoms with van der Waals surface area (Å²) in [6, 6.07) is 0.600. The Morgan fingerprint density at radius 2 is 1.95 bits per heavy atom. The van der Waals surface area contributed by atoms with E-state index in [1.165, 1.54) is 44.9 Å². The van der Waals surface area contributed by atoms with E-state index in [1.54, 1.807) is 0 Å². The fourth-order valence-electron chi connectivity index (χ4n) is 4.21. The van der Waals surface area contributed by atoms with Crippen LogP contribution in [0.5, 0.6) is 0 Å². The lowest BCUT2D eigenvalue weighted by molar-refractivity contribution is 0.0177. The first-order chi connectivity index (χ1) is 9.27. The second kappa shape index (κ2) is 7.64. The summed E-state index contributed by atoms with van der Waals surface area (Å²) < 4.78 is 6.11. The van der Waals surface area contributed by atoms with Gasteiger partial charge in [-0.3, -0.25) is 0 Å². The molecule has 1 aliphatic heterocycles. The minimum absolute atomic E-state index is 0.462. The summed E-state index contributed by atoms with van der Waals surface area (Å²) >= 11 is 0. The normalized spacial score (nSPS) is 37.4. The molecule has 112 valence electrons. The topological polar surface area (TPSA) is 21.3 Å². The van der Waals surface area contributed by atoms with Crippen LogP contribution in [-0.4, -0.2) is 25.3 Å². The minimum Gasteiger partial charge on any atom is -0.376 e. The molecule has 0 bridgehead atoms. The lowest BCUT2D eigenvalue weighted by atomic mass is 9.71. The molecule has 1 saturated carbocycles. The quantitative estimate of drug-likeness (QED) is 0.785. The van der Waals surface area contributed by atoms with Crippen molar-refractivity contribution in [2.45, 2.75) is 77.9 Å². The van der Waals surface area contributed by atoms with Gasteiger partial charge in [0.1, 0.15) is 0 Å². The largest absolute Gasteiger partial charge is 0.376 e. The van der Waals surface area contributed by atoms with E-state index < -0.39 is 0 Å². The molecule has 0 aromatic rings. The molecule has 5 atom stereocenters. The molecule has 2 nitrogen and oxygen atoms in total. The van der Waals surface area contributed by atoms with E-state index in [9.17, 15) is 0 Å². The maximum absolute atomic E-state index is 6.11. The number of ether oxygens (including phenoxy) is 1. The van der Waals surface area contributed by atoms with Gasteiger partial charge in [-0.25, -0.2) is 0 Å². The van der Waals surface area contributed by atoms with E-state index in [0.717, 1.165) is 30.9 Å². The third-order valence-corrected chi connectivity index (χ3v) is 5.38. The standard InChI is InChI=1S/C17H33NO/c1-4-11-18-16(17-13(3)10-12-19-17)15-9-7-6-8-14(15)5-2/h13-18H,4-12H2,1-3H3. The highest BCUT2D eigenvalue weighted by atomic mass is 16.5. The van der Waals surface area contributed by atoms with Crippen LogP contribution in [-0.2, 0) is 4.74 Å². The van der Waals surface area contributed by atoms with Crippen LogP contribution in [0.25, 0.3) is 0 Å². The molecule has 2 fully saturated rings. The smallest absolute Gasteiger partial charge is 0.0757 e. The molecular formula is C17H33NO. The highest BCUT2D eigenvalue weighted by molar-refractivity contribution is 4.93. The van der Waals surface area contributed by atoms with E-state index in [4.69, 9.17) is 4.74 Å². The number of rotatable bonds is 6. The second-order valence-electron chi connectivity index (χ2n) is 6.70. The summed E-state index contributed by atoms with van der Waals surface area (Å²) in [4.78, 5) is 0. The van der Waals surface area contributed by atoms with E-state index in [0.29, 0.717) is 12.1 Å². The van der Waals surface area contributed by atoms with Gasteiger partial charge < -0.3 is 10.1 Å². The van der Waals surface area contributed by atoms with Crippen molar-refractivity contribution in [2.75, 3.05) is 13.2 Å². The van der Waals surface area contributed by atoms with Crippen molar-refractivity contribution < 1.29 is 4.74 Å². The summed E-state index contributed by atoms with van der Waals surface area (Å²) in [7, 11) is 0. The van der Waals surface area contributed by atoms with Gasteiger partial charge in [-0.2, -0.15) is 0 Å². The van der Waals surface area contributed by atoms with Gasteiger partial charge in [0.2, 0.25) is 0 Å². The highest BCUT2D eigenvalue weighted by Gasteiger charge is 2.39. The maximum atomic E-state index is 6.11.